The van der Waals surface area contributed by atoms with E-state index in [0.29, 0.717) is 0 Å². The van der Waals surface area contributed by atoms with E-state index in [2.05, 4.69) is 149 Å². The highest BCUT2D eigenvalue weighted by Gasteiger charge is 2.19. The molecule has 0 aliphatic heterocycles. The summed E-state index contributed by atoms with van der Waals surface area (Å²) < 4.78 is 8.41. The Balaban J connectivity index is 1.11. The van der Waals surface area contributed by atoms with Crippen molar-refractivity contribution in [2.45, 2.75) is 0 Å². The number of thiophene rings is 1. The van der Waals surface area contributed by atoms with Gasteiger partial charge < -0.3 is 4.57 Å². The molecule has 0 aliphatic carbocycles. The number of rotatable bonds is 3. The van der Waals surface area contributed by atoms with Gasteiger partial charge in [0, 0.05) is 52.4 Å². The summed E-state index contributed by atoms with van der Waals surface area (Å²) in [5.41, 5.74) is 9.31. The zero-order valence-corrected chi connectivity index (χ0v) is 28.3. The number of para-hydroxylation sites is 3. The lowest BCUT2D eigenvalue weighted by atomic mass is 10.0. The maximum atomic E-state index is 6.47. The van der Waals surface area contributed by atoms with E-state index >= 15 is 0 Å². The van der Waals surface area contributed by atoms with Crippen LogP contribution in [0.15, 0.2) is 146 Å². The molecule has 230 valence electrons. The van der Waals surface area contributed by atoms with Crippen LogP contribution in [0.2, 0.25) is 5.02 Å². The highest BCUT2D eigenvalue weighted by Crippen LogP contribution is 2.44. The fourth-order valence-electron chi connectivity index (χ4n) is 7.67. The van der Waals surface area contributed by atoms with Crippen molar-refractivity contribution >= 4 is 108 Å². The normalized spacial score (nSPS) is 12.2. The molecule has 49 heavy (non-hydrogen) atoms. The van der Waals surface area contributed by atoms with E-state index in [-0.39, 0.29) is 0 Å². The van der Waals surface area contributed by atoms with Gasteiger partial charge in [-0.3, -0.25) is 4.57 Å². The summed E-state index contributed by atoms with van der Waals surface area (Å²) in [6.07, 6.45) is 0. The van der Waals surface area contributed by atoms with Crippen molar-refractivity contribution in [3.05, 3.63) is 151 Å². The summed E-state index contributed by atoms with van der Waals surface area (Å²) in [6.45, 7) is 0. The third-order valence-corrected chi connectivity index (χ3v) is 12.3. The molecular weight excluding hydrogens is 658 g/mol. The third kappa shape index (κ3) is 3.98. The smallest absolute Gasteiger partial charge is 0.195 e. The van der Waals surface area contributed by atoms with Crippen LogP contribution >= 0.6 is 34.3 Å². The maximum Gasteiger partial charge on any atom is 0.195 e. The van der Waals surface area contributed by atoms with Crippen LogP contribution in [0.25, 0.3) is 95.9 Å². The lowest BCUT2D eigenvalue weighted by Crippen LogP contribution is -1.93. The predicted molar refractivity (Wildman–Crippen MR) is 212 cm³/mol. The summed E-state index contributed by atoms with van der Waals surface area (Å²) in [7, 11) is 0. The minimum absolute atomic E-state index is 0.758. The summed E-state index contributed by atoms with van der Waals surface area (Å²) in [6, 6.07) is 52.3. The van der Waals surface area contributed by atoms with Crippen LogP contribution in [-0.2, 0) is 0 Å². The largest absolute Gasteiger partial charge is 0.309 e. The molecule has 0 radical (unpaired) electrons. The summed E-state index contributed by atoms with van der Waals surface area (Å²) in [4.78, 5) is 5.24. The lowest BCUT2D eigenvalue weighted by Gasteiger charge is -2.08. The van der Waals surface area contributed by atoms with Crippen LogP contribution in [0.1, 0.15) is 0 Å². The fourth-order valence-corrected chi connectivity index (χ4v) is 10.2. The van der Waals surface area contributed by atoms with Gasteiger partial charge in [-0.2, -0.15) is 0 Å². The van der Waals surface area contributed by atoms with Crippen LogP contribution in [0.5, 0.6) is 0 Å². The molecule has 4 heterocycles. The Bertz CT molecular complexity index is 3130. The number of nitrogens with zero attached hydrogens (tertiary/aromatic N) is 3. The second-order valence-corrected chi connectivity index (χ2v) is 15.0. The summed E-state index contributed by atoms with van der Waals surface area (Å²) in [5.74, 6) is 0. The van der Waals surface area contributed by atoms with Crippen molar-refractivity contribution in [2.24, 2.45) is 0 Å². The second kappa shape index (κ2) is 10.3. The summed E-state index contributed by atoms with van der Waals surface area (Å²) in [5, 5.41) is 9.12. The average Bonchev–Trinajstić information content (AvgIpc) is 3.90. The molecule has 6 heteroatoms. The zero-order valence-electron chi connectivity index (χ0n) is 25.9. The van der Waals surface area contributed by atoms with Crippen molar-refractivity contribution in [1.29, 1.82) is 0 Å². The Hall–Kier alpha value is -5.46. The van der Waals surface area contributed by atoms with Crippen LogP contribution in [-0.4, -0.2) is 14.1 Å². The molecule has 0 fully saturated rings. The first kappa shape index (κ1) is 27.5. The molecule has 0 saturated carbocycles. The number of thiazole rings is 1. The van der Waals surface area contributed by atoms with Crippen LogP contribution in [0.3, 0.4) is 0 Å². The minimum Gasteiger partial charge on any atom is -0.309 e. The fraction of sp³-hybridized carbons (Fsp3) is 0. The monoisotopic (exact) mass is 681 g/mol. The first-order valence-electron chi connectivity index (χ1n) is 16.2. The lowest BCUT2D eigenvalue weighted by molar-refractivity contribution is 1.15. The highest BCUT2D eigenvalue weighted by atomic mass is 35.5. The minimum atomic E-state index is 0.758. The van der Waals surface area contributed by atoms with E-state index in [1.54, 1.807) is 11.3 Å². The van der Waals surface area contributed by atoms with Gasteiger partial charge in [-0.25, -0.2) is 4.98 Å². The summed E-state index contributed by atoms with van der Waals surface area (Å²) >= 11 is 10.0. The van der Waals surface area contributed by atoms with Gasteiger partial charge in [0.1, 0.15) is 0 Å². The Kier molecular flexibility index (Phi) is 5.76. The van der Waals surface area contributed by atoms with Crippen LogP contribution < -0.4 is 0 Å². The number of hydrogen-bond acceptors (Lipinski definition) is 3. The standard InChI is InChI=1S/C43H24ClN3S2/c44-27-16-20-39-33(24-27)41-40(48-39)21-17-34-42(41)49-43(45-34)47-36-13-7-5-11-30(36)32-23-26(15-19-38(32)47)25-14-18-37-31(22-25)29-10-4-6-12-35(29)46(37)28-8-2-1-3-9-28/h1-24H. The predicted octanol–water partition coefficient (Wildman–Crippen LogP) is 13.2. The van der Waals surface area contributed by atoms with Gasteiger partial charge in [0.25, 0.3) is 0 Å². The van der Waals surface area contributed by atoms with E-state index < -0.39 is 0 Å². The molecule has 0 spiro atoms. The topological polar surface area (TPSA) is 22.8 Å². The third-order valence-electron chi connectivity index (χ3n) is 9.82. The number of benzene rings is 7. The Morgan fingerprint density at radius 1 is 0.469 bits per heavy atom. The Morgan fingerprint density at radius 3 is 1.82 bits per heavy atom. The van der Waals surface area contributed by atoms with Crippen molar-refractivity contribution in [1.82, 2.24) is 14.1 Å². The van der Waals surface area contributed by atoms with Gasteiger partial charge in [-0.1, -0.05) is 89.7 Å². The van der Waals surface area contributed by atoms with Gasteiger partial charge in [0.15, 0.2) is 5.13 Å². The van der Waals surface area contributed by atoms with Gasteiger partial charge in [0.05, 0.1) is 32.3 Å². The number of fused-ring (bicyclic) bond motifs is 11. The molecule has 0 amide bonds. The average molecular weight is 682 g/mol. The first-order chi connectivity index (χ1) is 24.2. The molecule has 0 N–H and O–H groups in total. The van der Waals surface area contributed by atoms with E-state index in [9.17, 15) is 0 Å². The Morgan fingerprint density at radius 2 is 1.08 bits per heavy atom. The Labute approximate surface area is 293 Å². The van der Waals surface area contributed by atoms with Crippen molar-refractivity contribution in [2.75, 3.05) is 0 Å². The molecule has 0 saturated heterocycles. The zero-order chi connectivity index (χ0) is 32.2. The number of hydrogen-bond donors (Lipinski definition) is 0. The highest BCUT2D eigenvalue weighted by molar-refractivity contribution is 7.28. The quantitative estimate of drug-likeness (QED) is 0.182. The first-order valence-corrected chi connectivity index (χ1v) is 18.2. The van der Waals surface area contributed by atoms with Crippen molar-refractivity contribution in [3.63, 3.8) is 0 Å². The van der Waals surface area contributed by atoms with Crippen molar-refractivity contribution < 1.29 is 0 Å². The number of aromatic nitrogens is 3. The molecule has 0 atom stereocenters. The van der Waals surface area contributed by atoms with Crippen molar-refractivity contribution in [3.8, 4) is 21.9 Å². The molecule has 0 aliphatic rings. The van der Waals surface area contributed by atoms with Crippen LogP contribution in [0, 0.1) is 0 Å². The van der Waals surface area contributed by atoms with Gasteiger partial charge in [-0.15, -0.1) is 11.3 Å². The molecule has 11 aromatic rings. The van der Waals surface area contributed by atoms with Gasteiger partial charge >= 0.3 is 0 Å². The van der Waals surface area contributed by atoms with E-state index in [1.807, 2.05) is 17.4 Å². The van der Waals surface area contributed by atoms with E-state index in [0.717, 1.165) is 26.7 Å². The molecule has 0 bridgehead atoms. The van der Waals surface area contributed by atoms with Crippen LogP contribution in [0.4, 0.5) is 0 Å². The van der Waals surface area contributed by atoms with Gasteiger partial charge in [-0.05, 0) is 90.0 Å². The SMILES string of the molecule is Clc1ccc2sc3ccc4nc(-n5c6ccccc6c6cc(-c7ccc8c(c7)c7ccccc7n8-c7ccccc7)ccc65)sc4c3c2c1. The van der Waals surface area contributed by atoms with Gasteiger partial charge in [0.2, 0.25) is 0 Å². The maximum absolute atomic E-state index is 6.47. The van der Waals surface area contributed by atoms with E-state index in [4.69, 9.17) is 16.6 Å². The molecule has 0 unspecified atom stereocenters. The second-order valence-electron chi connectivity index (χ2n) is 12.5. The number of halogens is 1. The molecule has 3 nitrogen and oxygen atoms in total. The molecule has 7 aromatic carbocycles. The molecular formula is C43H24ClN3S2. The molecule has 4 aromatic heterocycles. The van der Waals surface area contributed by atoms with E-state index in [1.165, 1.54) is 74.3 Å². The molecule has 11 rings (SSSR count).